The fourth-order valence-corrected chi connectivity index (χ4v) is 3.53. The topological polar surface area (TPSA) is 66.1 Å². The van der Waals surface area contributed by atoms with E-state index in [0.29, 0.717) is 13.2 Å². The highest BCUT2D eigenvalue weighted by Gasteiger charge is 2.29. The fraction of sp³-hybridized carbons (Fsp3) is 0.588. The van der Waals surface area contributed by atoms with Crippen LogP contribution in [0.25, 0.3) is 0 Å². The minimum absolute atomic E-state index is 0.0334. The van der Waals surface area contributed by atoms with E-state index in [4.69, 9.17) is 9.47 Å². The number of benzene rings is 1. The third-order valence-corrected chi connectivity index (χ3v) is 4.85. The van der Waals surface area contributed by atoms with Gasteiger partial charge in [-0.3, -0.25) is 19.9 Å². The van der Waals surface area contributed by atoms with Crippen molar-refractivity contribution in [3.63, 3.8) is 0 Å². The smallest absolute Gasteiger partial charge is 0.231 e. The van der Waals surface area contributed by atoms with Crippen molar-refractivity contribution in [3.05, 3.63) is 23.8 Å². The average molecular weight is 332 g/mol. The molecule has 1 amide bonds. The van der Waals surface area contributed by atoms with Crippen molar-refractivity contribution in [3.8, 4) is 11.5 Å². The zero-order valence-corrected chi connectivity index (χ0v) is 14.0. The average Bonchev–Trinajstić information content (AvgIpc) is 3.02. The maximum atomic E-state index is 11.7. The van der Waals surface area contributed by atoms with E-state index in [1.165, 1.54) is 5.56 Å². The lowest BCUT2D eigenvalue weighted by Crippen LogP contribution is -2.66. The second-order valence-electron chi connectivity index (χ2n) is 6.74. The highest BCUT2D eigenvalue weighted by atomic mass is 16.7. The van der Waals surface area contributed by atoms with E-state index in [2.05, 4.69) is 39.5 Å². The molecule has 0 aromatic heterocycles. The molecule has 3 heterocycles. The van der Waals surface area contributed by atoms with Gasteiger partial charge in [0, 0.05) is 45.2 Å². The van der Waals surface area contributed by atoms with Crippen molar-refractivity contribution < 1.29 is 14.3 Å². The lowest BCUT2D eigenvalue weighted by molar-refractivity contribution is -0.127. The van der Waals surface area contributed by atoms with Gasteiger partial charge in [-0.25, -0.2) is 0 Å². The molecule has 2 saturated heterocycles. The van der Waals surface area contributed by atoms with Crippen LogP contribution >= 0.6 is 0 Å². The van der Waals surface area contributed by atoms with Crippen molar-refractivity contribution in [1.82, 2.24) is 20.4 Å². The van der Waals surface area contributed by atoms with Crippen LogP contribution in [0.15, 0.2) is 18.2 Å². The molecule has 0 spiro atoms. The Kier molecular flexibility index (Phi) is 4.30. The highest BCUT2D eigenvalue weighted by Crippen LogP contribution is 2.32. The lowest BCUT2D eigenvalue weighted by Gasteiger charge is -2.42. The van der Waals surface area contributed by atoms with E-state index < -0.39 is 0 Å². The Hall–Kier alpha value is -1.83. The van der Waals surface area contributed by atoms with Crippen molar-refractivity contribution in [2.24, 2.45) is 0 Å². The Morgan fingerprint density at radius 2 is 1.96 bits per heavy atom. The number of amides is 1. The molecule has 2 N–H and O–H groups in total. The Labute approximate surface area is 141 Å². The molecular weight excluding hydrogens is 308 g/mol. The molecular formula is C17H24N4O3. The number of nitrogens with one attached hydrogen (secondary N) is 2. The van der Waals surface area contributed by atoms with Gasteiger partial charge >= 0.3 is 0 Å². The molecule has 2 unspecified atom stereocenters. The van der Waals surface area contributed by atoms with Crippen molar-refractivity contribution in [1.29, 1.82) is 0 Å². The van der Waals surface area contributed by atoms with Crippen LogP contribution in [0, 0.1) is 0 Å². The maximum Gasteiger partial charge on any atom is 0.231 e. The SMILES string of the molecule is CC1CC(=O)NC(N2CCN(Cc3ccc4c(c3)OCO4)CC2)N1. The van der Waals surface area contributed by atoms with E-state index in [1.807, 2.05) is 6.07 Å². The Morgan fingerprint density at radius 1 is 1.17 bits per heavy atom. The van der Waals surface area contributed by atoms with Gasteiger partial charge in [-0.15, -0.1) is 0 Å². The first-order chi connectivity index (χ1) is 11.7. The van der Waals surface area contributed by atoms with Crippen molar-refractivity contribution in [2.45, 2.75) is 32.2 Å². The van der Waals surface area contributed by atoms with Crippen LogP contribution in [0.4, 0.5) is 0 Å². The number of hydrogen-bond acceptors (Lipinski definition) is 6. The normalized spacial score (nSPS) is 28.0. The molecule has 0 bridgehead atoms. The Balaban J connectivity index is 1.31. The lowest BCUT2D eigenvalue weighted by atomic mass is 10.1. The molecule has 1 aromatic rings. The molecule has 130 valence electrons. The van der Waals surface area contributed by atoms with Crippen LogP contribution in [0.3, 0.4) is 0 Å². The fourth-order valence-electron chi connectivity index (χ4n) is 3.53. The third kappa shape index (κ3) is 3.33. The standard InChI is InChI=1S/C17H24N4O3/c1-12-8-16(22)19-17(18-12)21-6-4-20(5-7-21)10-13-2-3-14-15(9-13)24-11-23-14/h2-3,9,12,17-18H,4-8,10-11H2,1H3,(H,19,22). The van der Waals surface area contributed by atoms with Crippen molar-refractivity contribution >= 4 is 5.91 Å². The molecule has 0 saturated carbocycles. The molecule has 0 radical (unpaired) electrons. The predicted octanol–water partition coefficient (Wildman–Crippen LogP) is 0.315. The predicted molar refractivity (Wildman–Crippen MR) is 88.6 cm³/mol. The minimum atomic E-state index is -0.0334. The van der Waals surface area contributed by atoms with Crippen LogP contribution in [0.2, 0.25) is 0 Å². The molecule has 3 aliphatic rings. The van der Waals surface area contributed by atoms with E-state index >= 15 is 0 Å². The van der Waals surface area contributed by atoms with Gasteiger partial charge in [-0.1, -0.05) is 6.07 Å². The van der Waals surface area contributed by atoms with Crippen LogP contribution in [0.1, 0.15) is 18.9 Å². The van der Waals surface area contributed by atoms with Crippen LogP contribution in [0.5, 0.6) is 11.5 Å². The summed E-state index contributed by atoms with van der Waals surface area (Å²) in [5.41, 5.74) is 1.24. The van der Waals surface area contributed by atoms with Crippen molar-refractivity contribution in [2.75, 3.05) is 33.0 Å². The van der Waals surface area contributed by atoms with Crippen LogP contribution in [-0.2, 0) is 11.3 Å². The minimum Gasteiger partial charge on any atom is -0.454 e. The molecule has 2 atom stereocenters. The third-order valence-electron chi connectivity index (χ3n) is 4.85. The maximum absolute atomic E-state index is 11.7. The monoisotopic (exact) mass is 332 g/mol. The van der Waals surface area contributed by atoms with Crippen LogP contribution < -0.4 is 20.1 Å². The first-order valence-electron chi connectivity index (χ1n) is 8.58. The summed E-state index contributed by atoms with van der Waals surface area (Å²) in [6, 6.07) is 6.39. The Bertz CT molecular complexity index is 616. The first-order valence-corrected chi connectivity index (χ1v) is 8.58. The summed E-state index contributed by atoms with van der Waals surface area (Å²) < 4.78 is 10.8. The molecule has 1 aromatic carbocycles. The molecule has 4 rings (SSSR count). The number of carbonyl (C=O) groups is 1. The molecule has 7 heteroatoms. The van der Waals surface area contributed by atoms with Gasteiger partial charge < -0.3 is 14.8 Å². The first kappa shape index (κ1) is 15.7. The van der Waals surface area contributed by atoms with Gasteiger partial charge in [0.2, 0.25) is 12.7 Å². The number of ether oxygens (including phenoxy) is 2. The Morgan fingerprint density at radius 3 is 2.75 bits per heavy atom. The zero-order chi connectivity index (χ0) is 16.5. The van der Waals surface area contributed by atoms with E-state index in [0.717, 1.165) is 44.2 Å². The quantitative estimate of drug-likeness (QED) is 0.831. The van der Waals surface area contributed by atoms with Gasteiger partial charge in [-0.05, 0) is 24.6 Å². The number of carbonyl (C=O) groups excluding carboxylic acids is 1. The molecule has 24 heavy (non-hydrogen) atoms. The summed E-state index contributed by atoms with van der Waals surface area (Å²) >= 11 is 0. The number of hydrogen-bond donors (Lipinski definition) is 2. The molecule has 2 fully saturated rings. The summed E-state index contributed by atoms with van der Waals surface area (Å²) in [6.07, 6.45) is 0.523. The van der Waals surface area contributed by atoms with Gasteiger partial charge in [-0.2, -0.15) is 0 Å². The summed E-state index contributed by atoms with van der Waals surface area (Å²) in [4.78, 5) is 16.5. The van der Waals surface area contributed by atoms with Gasteiger partial charge in [0.05, 0.1) is 0 Å². The zero-order valence-electron chi connectivity index (χ0n) is 14.0. The van der Waals surface area contributed by atoms with E-state index in [-0.39, 0.29) is 18.2 Å². The number of nitrogens with zero attached hydrogens (tertiary/aromatic N) is 2. The van der Waals surface area contributed by atoms with E-state index in [1.54, 1.807) is 0 Å². The second-order valence-corrected chi connectivity index (χ2v) is 6.74. The number of piperazine rings is 1. The summed E-state index contributed by atoms with van der Waals surface area (Å²) in [5.74, 6) is 1.81. The largest absolute Gasteiger partial charge is 0.454 e. The van der Waals surface area contributed by atoms with Crippen LogP contribution in [-0.4, -0.2) is 61.0 Å². The van der Waals surface area contributed by atoms with Gasteiger partial charge in [0.15, 0.2) is 11.5 Å². The molecule has 0 aliphatic carbocycles. The van der Waals surface area contributed by atoms with Gasteiger partial charge in [0.25, 0.3) is 0 Å². The second kappa shape index (κ2) is 6.58. The van der Waals surface area contributed by atoms with E-state index in [9.17, 15) is 4.79 Å². The highest BCUT2D eigenvalue weighted by molar-refractivity contribution is 5.77. The molecule has 7 nitrogen and oxygen atoms in total. The van der Waals surface area contributed by atoms with Gasteiger partial charge in [0.1, 0.15) is 6.29 Å². The number of fused-ring (bicyclic) bond motifs is 1. The summed E-state index contributed by atoms with van der Waals surface area (Å²) in [7, 11) is 0. The molecule has 3 aliphatic heterocycles. The number of rotatable bonds is 3. The summed E-state index contributed by atoms with van der Waals surface area (Å²) in [5, 5.41) is 6.49. The summed E-state index contributed by atoms with van der Waals surface area (Å²) in [6.45, 7) is 7.13.